The fraction of sp³-hybridized carbons (Fsp3) is 0.385. The molecule has 0 bridgehead atoms. The van der Waals surface area contributed by atoms with Crippen LogP contribution in [0.25, 0.3) is 0 Å². The van der Waals surface area contributed by atoms with Crippen molar-refractivity contribution in [3.63, 3.8) is 0 Å². The van der Waals surface area contributed by atoms with Crippen LogP contribution in [0.3, 0.4) is 0 Å². The Kier molecular flexibility index (Phi) is 4.08. The largest absolute Gasteiger partial charge is 0.497 e. The molecular formula is C13H16N2O4S. The zero-order valence-electron chi connectivity index (χ0n) is 11.2. The van der Waals surface area contributed by atoms with Gasteiger partial charge in [0.1, 0.15) is 11.8 Å². The summed E-state index contributed by atoms with van der Waals surface area (Å²) in [5, 5.41) is 9.00. The van der Waals surface area contributed by atoms with Gasteiger partial charge in [0.15, 0.2) is 0 Å². The molecule has 1 amide bonds. The van der Waals surface area contributed by atoms with E-state index < -0.39 is 12.0 Å². The number of hydrogen-bond acceptors (Lipinski definition) is 5. The number of aliphatic carboxylic acids is 1. The molecule has 1 saturated heterocycles. The molecule has 0 saturated carbocycles. The number of rotatable bonds is 3. The first-order chi connectivity index (χ1) is 9.45. The highest BCUT2D eigenvalue weighted by Gasteiger charge is 2.40. The van der Waals surface area contributed by atoms with E-state index in [9.17, 15) is 14.7 Å². The minimum atomic E-state index is -1.00. The number of ether oxygens (including phenoxy) is 1. The molecule has 1 aromatic rings. The van der Waals surface area contributed by atoms with Crippen molar-refractivity contribution in [2.24, 2.45) is 0 Å². The van der Waals surface area contributed by atoms with Gasteiger partial charge in [-0.25, -0.2) is 4.79 Å². The summed E-state index contributed by atoms with van der Waals surface area (Å²) in [6.07, 6.45) is 0. The summed E-state index contributed by atoms with van der Waals surface area (Å²) < 4.78 is 5.08. The Morgan fingerprint density at radius 2 is 2.20 bits per heavy atom. The van der Waals surface area contributed by atoms with Gasteiger partial charge in [-0.15, -0.1) is 11.8 Å². The van der Waals surface area contributed by atoms with Crippen molar-refractivity contribution in [1.29, 1.82) is 0 Å². The van der Waals surface area contributed by atoms with Crippen LogP contribution in [-0.4, -0.2) is 46.2 Å². The van der Waals surface area contributed by atoms with Gasteiger partial charge < -0.3 is 20.5 Å². The standard InChI is InChI=1S/C13H16N2O4S/c1-7-15(11(6-20-7)13(17)18)12(16)9-5-8(19-2)3-4-10(9)14/h3-5,7,11H,6,14H2,1-2H3,(H,17,18). The van der Waals surface area contributed by atoms with Crippen molar-refractivity contribution in [1.82, 2.24) is 4.90 Å². The molecule has 3 N–H and O–H groups in total. The average Bonchev–Trinajstić information content (AvgIpc) is 2.80. The Labute approximate surface area is 120 Å². The maximum atomic E-state index is 12.6. The molecule has 0 spiro atoms. The molecule has 1 fully saturated rings. The number of carboxylic acid groups (broad SMARTS) is 1. The average molecular weight is 296 g/mol. The van der Waals surface area contributed by atoms with Gasteiger partial charge in [-0.2, -0.15) is 0 Å². The van der Waals surface area contributed by atoms with Crippen molar-refractivity contribution in [2.75, 3.05) is 18.6 Å². The molecule has 7 heteroatoms. The molecule has 20 heavy (non-hydrogen) atoms. The molecule has 1 aliphatic heterocycles. The molecule has 0 radical (unpaired) electrons. The lowest BCUT2D eigenvalue weighted by atomic mass is 10.1. The molecule has 2 unspecified atom stereocenters. The number of benzene rings is 1. The number of hydrogen-bond donors (Lipinski definition) is 2. The highest BCUT2D eigenvalue weighted by Crippen LogP contribution is 2.32. The van der Waals surface area contributed by atoms with Crippen LogP contribution in [0.5, 0.6) is 5.75 Å². The number of anilines is 1. The number of nitrogens with two attached hydrogens (primary N) is 1. The number of carboxylic acids is 1. The molecule has 2 rings (SSSR count). The van der Waals surface area contributed by atoms with Crippen molar-refractivity contribution >= 4 is 29.3 Å². The predicted molar refractivity (Wildman–Crippen MR) is 76.9 cm³/mol. The van der Waals surface area contributed by atoms with E-state index in [1.807, 2.05) is 6.92 Å². The Morgan fingerprint density at radius 3 is 2.80 bits per heavy atom. The second kappa shape index (κ2) is 5.62. The smallest absolute Gasteiger partial charge is 0.327 e. The Hall–Kier alpha value is -1.89. The lowest BCUT2D eigenvalue weighted by Crippen LogP contribution is -2.45. The summed E-state index contributed by atoms with van der Waals surface area (Å²) in [5.74, 6) is -0.497. The molecule has 108 valence electrons. The fourth-order valence-corrected chi connectivity index (χ4v) is 3.30. The predicted octanol–water partition coefficient (Wildman–Crippen LogP) is 1.27. The second-order valence-electron chi connectivity index (χ2n) is 4.45. The normalized spacial score (nSPS) is 21.8. The maximum Gasteiger partial charge on any atom is 0.327 e. The van der Waals surface area contributed by atoms with Crippen molar-refractivity contribution in [3.05, 3.63) is 23.8 Å². The van der Waals surface area contributed by atoms with E-state index in [1.54, 1.807) is 12.1 Å². The quantitative estimate of drug-likeness (QED) is 0.816. The van der Waals surface area contributed by atoms with Gasteiger partial charge in [-0.1, -0.05) is 0 Å². The van der Waals surface area contributed by atoms with Gasteiger partial charge in [0, 0.05) is 11.4 Å². The van der Waals surface area contributed by atoms with Crippen LogP contribution in [0, 0.1) is 0 Å². The first-order valence-corrected chi connectivity index (χ1v) is 7.11. The summed E-state index contributed by atoms with van der Waals surface area (Å²) in [7, 11) is 1.49. The summed E-state index contributed by atoms with van der Waals surface area (Å²) in [6, 6.07) is 3.94. The zero-order chi connectivity index (χ0) is 14.9. The number of methoxy groups -OCH3 is 1. The van der Waals surface area contributed by atoms with Crippen LogP contribution in [0.4, 0.5) is 5.69 Å². The summed E-state index contributed by atoms with van der Waals surface area (Å²) in [6.45, 7) is 1.81. The van der Waals surface area contributed by atoms with Gasteiger partial charge in [0.2, 0.25) is 0 Å². The highest BCUT2D eigenvalue weighted by atomic mass is 32.2. The van der Waals surface area contributed by atoms with Gasteiger partial charge in [0.05, 0.1) is 18.0 Å². The van der Waals surface area contributed by atoms with Crippen LogP contribution in [-0.2, 0) is 4.79 Å². The van der Waals surface area contributed by atoms with Crippen LogP contribution < -0.4 is 10.5 Å². The Morgan fingerprint density at radius 1 is 1.50 bits per heavy atom. The van der Waals surface area contributed by atoms with Crippen molar-refractivity contribution < 1.29 is 19.4 Å². The highest BCUT2D eigenvalue weighted by molar-refractivity contribution is 8.00. The van der Waals surface area contributed by atoms with E-state index in [1.165, 1.54) is 29.8 Å². The molecule has 1 heterocycles. The monoisotopic (exact) mass is 296 g/mol. The third-order valence-corrected chi connectivity index (χ3v) is 4.45. The zero-order valence-corrected chi connectivity index (χ0v) is 12.0. The minimum absolute atomic E-state index is 0.200. The van der Waals surface area contributed by atoms with Gasteiger partial charge >= 0.3 is 5.97 Å². The molecule has 6 nitrogen and oxygen atoms in total. The number of nitrogens with zero attached hydrogens (tertiary/aromatic N) is 1. The lowest BCUT2D eigenvalue weighted by Gasteiger charge is -2.25. The van der Waals surface area contributed by atoms with E-state index in [0.717, 1.165) is 0 Å². The Balaban J connectivity index is 2.37. The molecule has 1 aliphatic rings. The topological polar surface area (TPSA) is 92.9 Å². The van der Waals surface area contributed by atoms with Crippen LogP contribution in [0.2, 0.25) is 0 Å². The van der Waals surface area contributed by atoms with E-state index in [2.05, 4.69) is 0 Å². The van der Waals surface area contributed by atoms with Crippen LogP contribution >= 0.6 is 11.8 Å². The number of carbonyl (C=O) groups is 2. The van der Waals surface area contributed by atoms with Crippen molar-refractivity contribution in [3.8, 4) is 5.75 Å². The Bertz CT molecular complexity index is 549. The third kappa shape index (κ3) is 2.53. The summed E-state index contributed by atoms with van der Waals surface area (Å²) in [4.78, 5) is 25.2. The van der Waals surface area contributed by atoms with Crippen LogP contribution in [0.1, 0.15) is 17.3 Å². The minimum Gasteiger partial charge on any atom is -0.497 e. The molecule has 0 aromatic heterocycles. The van der Waals surface area contributed by atoms with E-state index in [4.69, 9.17) is 10.5 Å². The first-order valence-electron chi connectivity index (χ1n) is 6.06. The third-order valence-electron chi connectivity index (χ3n) is 3.23. The van der Waals surface area contributed by atoms with Crippen molar-refractivity contribution in [2.45, 2.75) is 18.3 Å². The van der Waals surface area contributed by atoms with E-state index in [0.29, 0.717) is 17.2 Å². The van der Waals surface area contributed by atoms with E-state index >= 15 is 0 Å². The summed E-state index contributed by atoms with van der Waals surface area (Å²) in [5.41, 5.74) is 6.40. The number of carbonyl (C=O) groups excluding carboxylic acids is 1. The number of nitrogen functional groups attached to an aromatic ring is 1. The SMILES string of the molecule is COc1ccc(N)c(C(=O)N2C(C)SCC2C(=O)O)c1. The number of amides is 1. The summed E-state index contributed by atoms with van der Waals surface area (Å²) >= 11 is 1.43. The van der Waals surface area contributed by atoms with Gasteiger partial charge in [-0.3, -0.25) is 4.79 Å². The van der Waals surface area contributed by atoms with E-state index in [-0.39, 0.29) is 16.8 Å². The first kappa shape index (κ1) is 14.5. The fourth-order valence-electron chi connectivity index (χ4n) is 2.13. The molecule has 0 aliphatic carbocycles. The number of thioether (sulfide) groups is 1. The second-order valence-corrected chi connectivity index (χ2v) is 5.80. The van der Waals surface area contributed by atoms with Gasteiger partial charge in [-0.05, 0) is 25.1 Å². The van der Waals surface area contributed by atoms with Gasteiger partial charge in [0.25, 0.3) is 5.91 Å². The molecule has 2 atom stereocenters. The van der Waals surface area contributed by atoms with Crippen LogP contribution in [0.15, 0.2) is 18.2 Å². The molecule has 1 aromatic carbocycles. The lowest BCUT2D eigenvalue weighted by molar-refractivity contribution is -0.141. The molecular weight excluding hydrogens is 280 g/mol. The maximum absolute atomic E-state index is 12.6.